The summed E-state index contributed by atoms with van der Waals surface area (Å²) in [6, 6.07) is 6.19. The first-order valence-electron chi connectivity index (χ1n) is 8.93. The standard InChI is InChI=1S/C19H33N3O4.HI/c1-16-6-7-17(18(14-16)26-13-11-24-4)15-22-19(20-2)21-8-5-9-25-12-10-23-3;/h6-7,14H,5,8-13,15H2,1-4H3,(H2,20,21,22);1H. The van der Waals surface area contributed by atoms with E-state index in [1.165, 1.54) is 0 Å². The van der Waals surface area contributed by atoms with Crippen molar-refractivity contribution in [1.29, 1.82) is 0 Å². The third-order valence-corrected chi connectivity index (χ3v) is 3.63. The second kappa shape index (κ2) is 17.0. The van der Waals surface area contributed by atoms with Crippen LogP contribution in [0.1, 0.15) is 17.5 Å². The molecule has 0 bridgehead atoms. The first kappa shape index (κ1) is 25.9. The third kappa shape index (κ3) is 12.1. The summed E-state index contributed by atoms with van der Waals surface area (Å²) in [5, 5.41) is 6.59. The van der Waals surface area contributed by atoms with E-state index in [0.29, 0.717) is 39.6 Å². The van der Waals surface area contributed by atoms with Crippen molar-refractivity contribution < 1.29 is 18.9 Å². The van der Waals surface area contributed by atoms with Gasteiger partial charge in [0.1, 0.15) is 12.4 Å². The first-order chi connectivity index (χ1) is 12.7. The maximum atomic E-state index is 5.82. The number of aliphatic imine (C=N–C) groups is 1. The average molecular weight is 495 g/mol. The Hall–Kier alpha value is -1.10. The van der Waals surface area contributed by atoms with E-state index in [4.69, 9.17) is 18.9 Å². The van der Waals surface area contributed by atoms with Crippen LogP contribution in [0.2, 0.25) is 0 Å². The summed E-state index contributed by atoms with van der Waals surface area (Å²) in [5.41, 5.74) is 2.25. The van der Waals surface area contributed by atoms with Gasteiger partial charge in [0.15, 0.2) is 5.96 Å². The maximum Gasteiger partial charge on any atom is 0.191 e. The number of hydrogen-bond acceptors (Lipinski definition) is 5. The molecule has 0 aliphatic heterocycles. The molecule has 0 spiro atoms. The number of nitrogens with zero attached hydrogens (tertiary/aromatic N) is 1. The number of benzene rings is 1. The molecule has 156 valence electrons. The van der Waals surface area contributed by atoms with Gasteiger partial charge in [0, 0.05) is 46.5 Å². The van der Waals surface area contributed by atoms with Crippen molar-refractivity contribution in [1.82, 2.24) is 10.6 Å². The Balaban J connectivity index is 0.00000676. The molecule has 2 N–H and O–H groups in total. The van der Waals surface area contributed by atoms with Gasteiger partial charge in [-0.2, -0.15) is 0 Å². The molecule has 8 heteroatoms. The molecule has 27 heavy (non-hydrogen) atoms. The molecule has 0 atom stereocenters. The van der Waals surface area contributed by atoms with Crippen LogP contribution in [0.5, 0.6) is 5.75 Å². The molecule has 0 heterocycles. The monoisotopic (exact) mass is 495 g/mol. The summed E-state index contributed by atoms with van der Waals surface area (Å²) in [4.78, 5) is 4.25. The number of hydrogen-bond donors (Lipinski definition) is 2. The Morgan fingerprint density at radius 3 is 2.44 bits per heavy atom. The van der Waals surface area contributed by atoms with Gasteiger partial charge < -0.3 is 29.6 Å². The zero-order chi connectivity index (χ0) is 19.0. The third-order valence-electron chi connectivity index (χ3n) is 3.63. The Morgan fingerprint density at radius 2 is 1.74 bits per heavy atom. The van der Waals surface area contributed by atoms with Gasteiger partial charge in [0.2, 0.25) is 0 Å². The number of aryl methyl sites for hydroxylation is 1. The van der Waals surface area contributed by atoms with E-state index >= 15 is 0 Å². The minimum absolute atomic E-state index is 0. The van der Waals surface area contributed by atoms with Crippen LogP contribution in [0.15, 0.2) is 23.2 Å². The molecule has 0 aliphatic carbocycles. The van der Waals surface area contributed by atoms with E-state index in [9.17, 15) is 0 Å². The predicted molar refractivity (Wildman–Crippen MR) is 119 cm³/mol. The molecule has 0 unspecified atom stereocenters. The molecule has 1 aromatic rings. The van der Waals surface area contributed by atoms with Crippen LogP contribution in [0, 0.1) is 6.92 Å². The topological polar surface area (TPSA) is 73.3 Å². The number of halogens is 1. The zero-order valence-electron chi connectivity index (χ0n) is 16.9. The summed E-state index contributed by atoms with van der Waals surface area (Å²) in [6.45, 7) is 6.52. The smallest absolute Gasteiger partial charge is 0.191 e. The Kier molecular flexibility index (Phi) is 16.3. The molecule has 0 saturated heterocycles. The van der Waals surface area contributed by atoms with Gasteiger partial charge in [-0.05, 0) is 25.0 Å². The molecule has 0 aromatic heterocycles. The van der Waals surface area contributed by atoms with Gasteiger partial charge in [-0.25, -0.2) is 0 Å². The highest BCUT2D eigenvalue weighted by Crippen LogP contribution is 2.20. The van der Waals surface area contributed by atoms with Crippen LogP contribution in [-0.4, -0.2) is 66.8 Å². The molecule has 7 nitrogen and oxygen atoms in total. The highest BCUT2D eigenvalue weighted by atomic mass is 127. The maximum absolute atomic E-state index is 5.82. The predicted octanol–water partition coefficient (Wildman–Crippen LogP) is 2.36. The van der Waals surface area contributed by atoms with Crippen molar-refractivity contribution in [3.63, 3.8) is 0 Å². The fraction of sp³-hybridized carbons (Fsp3) is 0.632. The van der Waals surface area contributed by atoms with E-state index in [0.717, 1.165) is 35.8 Å². The van der Waals surface area contributed by atoms with Crippen molar-refractivity contribution in [2.45, 2.75) is 19.9 Å². The highest BCUT2D eigenvalue weighted by molar-refractivity contribution is 14.0. The quantitative estimate of drug-likeness (QED) is 0.190. The van der Waals surface area contributed by atoms with Gasteiger partial charge in [-0.15, -0.1) is 24.0 Å². The highest BCUT2D eigenvalue weighted by Gasteiger charge is 2.06. The molecule has 1 aromatic carbocycles. The lowest BCUT2D eigenvalue weighted by Gasteiger charge is -2.15. The van der Waals surface area contributed by atoms with Crippen LogP contribution in [0.3, 0.4) is 0 Å². The molecular weight excluding hydrogens is 461 g/mol. The van der Waals surface area contributed by atoms with E-state index in [-0.39, 0.29) is 24.0 Å². The van der Waals surface area contributed by atoms with Crippen molar-refractivity contribution in [3.05, 3.63) is 29.3 Å². The molecule has 0 fully saturated rings. The van der Waals surface area contributed by atoms with Crippen molar-refractivity contribution in [2.75, 3.05) is 60.8 Å². The summed E-state index contributed by atoms with van der Waals surface area (Å²) in [7, 11) is 5.10. The number of ether oxygens (including phenoxy) is 4. The molecule has 0 saturated carbocycles. The number of rotatable bonds is 13. The Labute approximate surface area is 180 Å². The van der Waals surface area contributed by atoms with E-state index < -0.39 is 0 Å². The fourth-order valence-electron chi connectivity index (χ4n) is 2.20. The second-order valence-electron chi connectivity index (χ2n) is 5.76. The van der Waals surface area contributed by atoms with Crippen LogP contribution in [0.4, 0.5) is 0 Å². The SMILES string of the molecule is CN=C(NCCCOCCOC)NCc1ccc(C)cc1OCCOC.I. The lowest BCUT2D eigenvalue weighted by molar-refractivity contribution is 0.0698. The molecule has 0 amide bonds. The number of guanidine groups is 1. The van der Waals surface area contributed by atoms with Crippen molar-refractivity contribution >= 4 is 29.9 Å². The van der Waals surface area contributed by atoms with E-state index in [2.05, 4.69) is 34.7 Å². The molecule has 1 rings (SSSR count). The summed E-state index contributed by atoms with van der Waals surface area (Å²) < 4.78 is 21.2. The average Bonchev–Trinajstić information content (AvgIpc) is 2.65. The number of methoxy groups -OCH3 is 2. The van der Waals surface area contributed by atoms with Gasteiger partial charge in [-0.3, -0.25) is 4.99 Å². The van der Waals surface area contributed by atoms with Gasteiger partial charge in [0.25, 0.3) is 0 Å². The van der Waals surface area contributed by atoms with Crippen LogP contribution in [0.25, 0.3) is 0 Å². The fourth-order valence-corrected chi connectivity index (χ4v) is 2.20. The minimum atomic E-state index is 0. The van der Waals surface area contributed by atoms with E-state index in [1.54, 1.807) is 21.3 Å². The number of nitrogens with one attached hydrogen (secondary N) is 2. The van der Waals surface area contributed by atoms with Gasteiger partial charge in [0.05, 0.1) is 19.8 Å². The normalized spacial score (nSPS) is 11.0. The lowest BCUT2D eigenvalue weighted by atomic mass is 10.1. The Bertz CT molecular complexity index is 530. The second-order valence-corrected chi connectivity index (χ2v) is 5.76. The molecular formula is C19H34IN3O4. The first-order valence-corrected chi connectivity index (χ1v) is 8.93. The minimum Gasteiger partial charge on any atom is -0.491 e. The van der Waals surface area contributed by atoms with Crippen LogP contribution >= 0.6 is 24.0 Å². The van der Waals surface area contributed by atoms with E-state index in [1.807, 2.05) is 6.07 Å². The summed E-state index contributed by atoms with van der Waals surface area (Å²) >= 11 is 0. The molecule has 0 aliphatic rings. The molecule has 0 radical (unpaired) electrons. The lowest BCUT2D eigenvalue weighted by Crippen LogP contribution is -2.37. The van der Waals surface area contributed by atoms with Crippen LogP contribution < -0.4 is 15.4 Å². The van der Waals surface area contributed by atoms with Crippen LogP contribution in [-0.2, 0) is 20.8 Å². The largest absolute Gasteiger partial charge is 0.491 e. The van der Waals surface area contributed by atoms with Gasteiger partial charge in [-0.1, -0.05) is 12.1 Å². The Morgan fingerprint density at radius 1 is 1.00 bits per heavy atom. The summed E-state index contributed by atoms with van der Waals surface area (Å²) in [6.07, 6.45) is 0.903. The van der Waals surface area contributed by atoms with Gasteiger partial charge >= 0.3 is 0 Å². The zero-order valence-corrected chi connectivity index (χ0v) is 19.2. The van der Waals surface area contributed by atoms with Crippen molar-refractivity contribution in [3.8, 4) is 5.75 Å². The summed E-state index contributed by atoms with van der Waals surface area (Å²) in [5.74, 6) is 1.63. The van der Waals surface area contributed by atoms with Crippen molar-refractivity contribution in [2.24, 2.45) is 4.99 Å².